The van der Waals surface area contributed by atoms with Crippen LogP contribution in [0.5, 0.6) is 0 Å². The molecule has 1 fully saturated rings. The molecule has 1 aromatic heterocycles. The van der Waals surface area contributed by atoms with Crippen molar-refractivity contribution in [1.82, 2.24) is 14.7 Å². The van der Waals surface area contributed by atoms with Gasteiger partial charge in [-0.05, 0) is 41.5 Å². The van der Waals surface area contributed by atoms with Gasteiger partial charge < -0.3 is 0 Å². The van der Waals surface area contributed by atoms with Crippen molar-refractivity contribution in [2.24, 2.45) is 0 Å². The summed E-state index contributed by atoms with van der Waals surface area (Å²) in [4.78, 5) is 15.6. The molecule has 1 amide bonds. The molecule has 0 radical (unpaired) electrons. The first kappa shape index (κ1) is 23.5. The Hall–Kier alpha value is -3.22. The number of rotatable bonds is 8. The van der Waals surface area contributed by atoms with E-state index >= 15 is 0 Å². The molecule has 0 spiro atoms. The molecule has 0 bridgehead atoms. The minimum atomic E-state index is -0.00609. The maximum absolute atomic E-state index is 13.2. The molecule has 0 unspecified atom stereocenters. The number of nitrogens with zero attached hydrogens (tertiary/aromatic N) is 3. The normalized spacial score (nSPS) is 15.0. The smallest absolute Gasteiger partial charge is 0.266 e. The molecule has 0 atom stereocenters. The average Bonchev–Trinajstić information content (AvgIpc) is 3.43. The summed E-state index contributed by atoms with van der Waals surface area (Å²) in [5.74, 6) is -0.00609. The Kier molecular flexibility index (Phi) is 7.11. The van der Waals surface area contributed by atoms with E-state index in [0.29, 0.717) is 15.8 Å². The van der Waals surface area contributed by atoms with Crippen molar-refractivity contribution >= 4 is 51.1 Å². The lowest BCUT2D eigenvalue weighted by atomic mass is 10.0. The van der Waals surface area contributed by atoms with E-state index in [1.165, 1.54) is 30.0 Å². The van der Waals surface area contributed by atoms with Gasteiger partial charge in [0.2, 0.25) is 0 Å². The van der Waals surface area contributed by atoms with Crippen molar-refractivity contribution in [3.8, 4) is 16.9 Å². The lowest BCUT2D eigenvalue weighted by molar-refractivity contribution is -0.122. The quantitative estimate of drug-likeness (QED) is 0.144. The van der Waals surface area contributed by atoms with Crippen LogP contribution < -0.4 is 0 Å². The van der Waals surface area contributed by atoms with Crippen LogP contribution in [0.15, 0.2) is 83.9 Å². The summed E-state index contributed by atoms with van der Waals surface area (Å²) in [5.41, 5.74) is 3.72. The molecule has 0 aliphatic carbocycles. The third-order valence-electron chi connectivity index (χ3n) is 6.18. The number of thioether (sulfide) groups is 1. The number of unbranched alkanes of at least 4 members (excludes halogenated alkanes) is 3. The molecular formula is C29H27N3OS2. The highest BCUT2D eigenvalue weighted by molar-refractivity contribution is 8.26. The maximum atomic E-state index is 13.2. The first-order valence-corrected chi connectivity index (χ1v) is 13.3. The molecule has 4 aromatic rings. The van der Waals surface area contributed by atoms with Gasteiger partial charge in [-0.1, -0.05) is 105 Å². The van der Waals surface area contributed by atoms with Crippen molar-refractivity contribution in [3.05, 3.63) is 89.5 Å². The fraction of sp³-hybridized carbons (Fsp3) is 0.207. The van der Waals surface area contributed by atoms with E-state index in [2.05, 4.69) is 37.3 Å². The number of hydrogen-bond acceptors (Lipinski definition) is 4. The Balaban J connectivity index is 1.52. The fourth-order valence-electron chi connectivity index (χ4n) is 4.30. The van der Waals surface area contributed by atoms with Crippen molar-refractivity contribution in [1.29, 1.82) is 0 Å². The molecule has 6 heteroatoms. The van der Waals surface area contributed by atoms with Crippen LogP contribution in [0.2, 0.25) is 0 Å². The van der Waals surface area contributed by atoms with Gasteiger partial charge in [0.15, 0.2) is 0 Å². The van der Waals surface area contributed by atoms with Crippen molar-refractivity contribution in [2.45, 2.75) is 32.6 Å². The third kappa shape index (κ3) is 5.09. The van der Waals surface area contributed by atoms with E-state index in [4.69, 9.17) is 17.3 Å². The van der Waals surface area contributed by atoms with Crippen LogP contribution in [0.3, 0.4) is 0 Å². The zero-order valence-corrected chi connectivity index (χ0v) is 21.3. The molecule has 2 heterocycles. The van der Waals surface area contributed by atoms with Gasteiger partial charge in [0.25, 0.3) is 5.91 Å². The topological polar surface area (TPSA) is 38.1 Å². The first-order chi connectivity index (χ1) is 17.1. The zero-order valence-electron chi connectivity index (χ0n) is 19.7. The summed E-state index contributed by atoms with van der Waals surface area (Å²) in [6.45, 7) is 2.87. The summed E-state index contributed by atoms with van der Waals surface area (Å²) in [5, 5.41) is 7.28. The number of para-hydroxylation sites is 1. The minimum absolute atomic E-state index is 0.00609. The second-order valence-corrected chi connectivity index (χ2v) is 10.3. The Morgan fingerprint density at radius 2 is 1.71 bits per heavy atom. The van der Waals surface area contributed by atoms with Crippen molar-refractivity contribution in [3.63, 3.8) is 0 Å². The molecule has 4 nitrogen and oxygen atoms in total. The van der Waals surface area contributed by atoms with Gasteiger partial charge >= 0.3 is 0 Å². The monoisotopic (exact) mass is 497 g/mol. The van der Waals surface area contributed by atoms with Gasteiger partial charge in [-0.15, -0.1) is 0 Å². The number of aromatic nitrogens is 2. The maximum Gasteiger partial charge on any atom is 0.266 e. The van der Waals surface area contributed by atoms with Gasteiger partial charge in [-0.2, -0.15) is 5.10 Å². The summed E-state index contributed by atoms with van der Waals surface area (Å²) in [6.07, 6.45) is 8.38. The number of hydrogen-bond donors (Lipinski definition) is 0. The van der Waals surface area contributed by atoms with Gasteiger partial charge in [0.1, 0.15) is 10.0 Å². The predicted molar refractivity (Wildman–Crippen MR) is 151 cm³/mol. The molecular weight excluding hydrogens is 470 g/mol. The number of fused-ring (bicyclic) bond motifs is 1. The van der Waals surface area contributed by atoms with E-state index in [1.807, 2.05) is 59.4 Å². The van der Waals surface area contributed by atoms with E-state index in [1.54, 1.807) is 4.90 Å². The molecule has 3 aromatic carbocycles. The number of thiocarbonyl (C=S) groups is 1. The molecule has 35 heavy (non-hydrogen) atoms. The second kappa shape index (κ2) is 10.6. The fourth-order valence-corrected chi connectivity index (χ4v) is 5.60. The molecule has 176 valence electrons. The van der Waals surface area contributed by atoms with Crippen LogP contribution >= 0.6 is 24.0 Å². The number of benzene rings is 3. The summed E-state index contributed by atoms with van der Waals surface area (Å²) >= 11 is 6.94. The van der Waals surface area contributed by atoms with Crippen molar-refractivity contribution in [2.75, 3.05) is 6.54 Å². The van der Waals surface area contributed by atoms with Crippen LogP contribution in [0.25, 0.3) is 33.8 Å². The minimum Gasteiger partial charge on any atom is -0.293 e. The van der Waals surface area contributed by atoms with Gasteiger partial charge in [0.05, 0.1) is 10.6 Å². The van der Waals surface area contributed by atoms with Crippen LogP contribution in [-0.4, -0.2) is 31.5 Å². The van der Waals surface area contributed by atoms with E-state index in [9.17, 15) is 4.79 Å². The Morgan fingerprint density at radius 1 is 0.943 bits per heavy atom. The Labute approximate surface area is 215 Å². The molecule has 0 saturated carbocycles. The van der Waals surface area contributed by atoms with Crippen LogP contribution in [0.1, 0.15) is 38.2 Å². The van der Waals surface area contributed by atoms with Gasteiger partial charge in [0, 0.05) is 23.9 Å². The van der Waals surface area contributed by atoms with Gasteiger partial charge in [-0.3, -0.25) is 9.69 Å². The van der Waals surface area contributed by atoms with Gasteiger partial charge in [-0.25, -0.2) is 4.68 Å². The van der Waals surface area contributed by atoms with E-state index in [0.717, 1.165) is 40.7 Å². The first-order valence-electron chi connectivity index (χ1n) is 12.0. The van der Waals surface area contributed by atoms with E-state index < -0.39 is 0 Å². The molecule has 5 rings (SSSR count). The van der Waals surface area contributed by atoms with Crippen LogP contribution in [0, 0.1) is 0 Å². The lowest BCUT2D eigenvalue weighted by Gasteiger charge is -2.13. The summed E-state index contributed by atoms with van der Waals surface area (Å²) in [6, 6.07) is 24.7. The number of carbonyl (C=O) groups excluding carboxylic acids is 1. The lowest BCUT2D eigenvalue weighted by Crippen LogP contribution is -2.29. The van der Waals surface area contributed by atoms with Crippen LogP contribution in [0.4, 0.5) is 0 Å². The Bertz CT molecular complexity index is 1410. The standard InChI is InChI=1S/C29H27N3OS2/c1-2-3-4-10-17-31-28(33)26(35-29(31)34)19-24-20-32(25-13-6-5-7-14-25)30-27(24)23-16-15-21-11-8-9-12-22(21)18-23/h5-9,11-16,18-20H,2-4,10,17H2,1H3/b26-19-. The number of amides is 1. The zero-order chi connectivity index (χ0) is 24.2. The SMILES string of the molecule is CCCCCCN1C(=O)/C(=C/c2cn(-c3ccccc3)nc2-c2ccc3ccccc3c2)SC1=S. The third-order valence-corrected chi connectivity index (χ3v) is 7.56. The van der Waals surface area contributed by atoms with Crippen molar-refractivity contribution < 1.29 is 4.79 Å². The number of carbonyl (C=O) groups is 1. The highest BCUT2D eigenvalue weighted by Gasteiger charge is 2.32. The molecule has 1 aliphatic rings. The summed E-state index contributed by atoms with van der Waals surface area (Å²) < 4.78 is 2.52. The van der Waals surface area contributed by atoms with E-state index in [-0.39, 0.29) is 5.91 Å². The van der Waals surface area contributed by atoms with Crippen LogP contribution in [-0.2, 0) is 4.79 Å². The molecule has 1 aliphatic heterocycles. The predicted octanol–water partition coefficient (Wildman–Crippen LogP) is 7.47. The highest BCUT2D eigenvalue weighted by Crippen LogP contribution is 2.35. The largest absolute Gasteiger partial charge is 0.293 e. The average molecular weight is 498 g/mol. The second-order valence-electron chi connectivity index (χ2n) is 8.67. The summed E-state index contributed by atoms with van der Waals surface area (Å²) in [7, 11) is 0. The molecule has 1 saturated heterocycles. The Morgan fingerprint density at radius 3 is 2.51 bits per heavy atom. The highest BCUT2D eigenvalue weighted by atomic mass is 32.2. The molecule has 0 N–H and O–H groups in total.